The van der Waals surface area contributed by atoms with Crippen LogP contribution in [0.15, 0.2) is 18.2 Å². The minimum atomic E-state index is -0.238. The van der Waals surface area contributed by atoms with Crippen LogP contribution in [-0.4, -0.2) is 22.3 Å². The number of unbranched alkanes of at least 4 members (excludes halogenated alkanes) is 1. The highest BCUT2D eigenvalue weighted by molar-refractivity contribution is 7.71. The molecule has 1 aromatic carbocycles. The predicted molar refractivity (Wildman–Crippen MR) is 77.4 cm³/mol. The van der Waals surface area contributed by atoms with Gasteiger partial charge in [-0.2, -0.15) is 0 Å². The smallest absolute Gasteiger partial charge is 0.178 e. The fourth-order valence-corrected chi connectivity index (χ4v) is 2.34. The highest BCUT2D eigenvalue weighted by Crippen LogP contribution is 2.16. The maximum atomic E-state index is 13.3. The molecule has 19 heavy (non-hydrogen) atoms. The number of H-pyrrole nitrogens is 1. The molecule has 0 saturated carbocycles. The van der Waals surface area contributed by atoms with E-state index in [2.05, 4.69) is 4.98 Å². The monoisotopic (exact) mass is 282 g/mol. The highest BCUT2D eigenvalue weighted by atomic mass is 32.1. The number of aromatic nitrogens is 2. The number of nitrogens with zero attached hydrogens (tertiary/aromatic N) is 1. The third-order valence-electron chi connectivity index (χ3n) is 2.96. The molecule has 0 aliphatic heterocycles. The van der Waals surface area contributed by atoms with Crippen LogP contribution in [0.5, 0.6) is 0 Å². The van der Waals surface area contributed by atoms with Crippen molar-refractivity contribution in [3.63, 3.8) is 0 Å². The molecule has 5 heteroatoms. The summed E-state index contributed by atoms with van der Waals surface area (Å²) in [5, 5.41) is 0. The van der Waals surface area contributed by atoms with Gasteiger partial charge in [-0.3, -0.25) is 0 Å². The summed E-state index contributed by atoms with van der Waals surface area (Å²) in [7, 11) is 0. The molecule has 0 radical (unpaired) electrons. The zero-order valence-electron chi connectivity index (χ0n) is 11.3. The van der Waals surface area contributed by atoms with Crippen molar-refractivity contribution in [2.45, 2.75) is 39.3 Å². The maximum Gasteiger partial charge on any atom is 0.178 e. The van der Waals surface area contributed by atoms with Crippen LogP contribution >= 0.6 is 12.2 Å². The second-order valence-electron chi connectivity index (χ2n) is 4.87. The molecule has 0 amide bonds. The third-order valence-corrected chi connectivity index (χ3v) is 3.29. The first-order chi connectivity index (χ1) is 9.08. The van der Waals surface area contributed by atoms with Crippen molar-refractivity contribution >= 4 is 23.3 Å². The summed E-state index contributed by atoms with van der Waals surface area (Å²) in [6, 6.07) is 4.68. The summed E-state index contributed by atoms with van der Waals surface area (Å²) in [5.41, 5.74) is 1.71. The topological polar surface area (TPSA) is 29.9 Å². The van der Waals surface area contributed by atoms with Crippen molar-refractivity contribution in [3.8, 4) is 0 Å². The van der Waals surface area contributed by atoms with Crippen LogP contribution in [-0.2, 0) is 11.3 Å². The van der Waals surface area contributed by atoms with Gasteiger partial charge in [0.25, 0.3) is 0 Å². The van der Waals surface area contributed by atoms with Crippen LogP contribution in [0.1, 0.15) is 26.7 Å². The van der Waals surface area contributed by atoms with Crippen molar-refractivity contribution < 1.29 is 9.13 Å². The van der Waals surface area contributed by atoms with E-state index < -0.39 is 0 Å². The van der Waals surface area contributed by atoms with E-state index in [4.69, 9.17) is 17.0 Å². The van der Waals surface area contributed by atoms with E-state index in [0.717, 1.165) is 37.0 Å². The lowest BCUT2D eigenvalue weighted by Gasteiger charge is -2.08. The second-order valence-corrected chi connectivity index (χ2v) is 5.26. The molecule has 3 nitrogen and oxygen atoms in total. The number of hydrogen-bond acceptors (Lipinski definition) is 2. The summed E-state index contributed by atoms with van der Waals surface area (Å²) < 4.78 is 21.4. The second kappa shape index (κ2) is 6.30. The summed E-state index contributed by atoms with van der Waals surface area (Å²) in [6.07, 6.45) is 2.20. The molecule has 1 aromatic heterocycles. The number of aromatic amines is 1. The molecule has 0 aliphatic carbocycles. The van der Waals surface area contributed by atoms with Crippen molar-refractivity contribution in [1.82, 2.24) is 9.55 Å². The first kappa shape index (κ1) is 14.2. The number of benzene rings is 1. The number of fused-ring (bicyclic) bond motifs is 1. The molecule has 0 spiro atoms. The van der Waals surface area contributed by atoms with Gasteiger partial charge in [0.1, 0.15) is 5.82 Å². The van der Waals surface area contributed by atoms with Crippen LogP contribution in [0, 0.1) is 10.6 Å². The number of ether oxygens (including phenoxy) is 1. The molecule has 0 unspecified atom stereocenters. The Morgan fingerprint density at radius 2 is 2.16 bits per heavy atom. The lowest BCUT2D eigenvalue weighted by Crippen LogP contribution is -2.05. The summed E-state index contributed by atoms with van der Waals surface area (Å²) in [5.74, 6) is -0.238. The quantitative estimate of drug-likeness (QED) is 0.640. The molecule has 0 bridgehead atoms. The van der Waals surface area contributed by atoms with Gasteiger partial charge in [-0.25, -0.2) is 4.39 Å². The third kappa shape index (κ3) is 3.64. The molecule has 2 aromatic rings. The molecule has 0 saturated heterocycles. The molecule has 104 valence electrons. The average Bonchev–Trinajstić information content (AvgIpc) is 2.65. The lowest BCUT2D eigenvalue weighted by molar-refractivity contribution is 0.0754. The Labute approximate surface area is 117 Å². The molecular weight excluding hydrogens is 263 g/mol. The molecule has 1 N–H and O–H groups in total. The number of aryl methyl sites for hydroxylation is 1. The predicted octanol–water partition coefficient (Wildman–Crippen LogP) is 4.04. The van der Waals surface area contributed by atoms with Crippen molar-refractivity contribution in [3.05, 3.63) is 28.8 Å². The fourth-order valence-electron chi connectivity index (χ4n) is 2.04. The molecule has 0 aliphatic rings. The number of rotatable bonds is 6. The Morgan fingerprint density at radius 3 is 2.89 bits per heavy atom. The number of nitrogens with one attached hydrogen (secondary N) is 1. The van der Waals surface area contributed by atoms with Crippen molar-refractivity contribution in [2.75, 3.05) is 6.61 Å². The van der Waals surface area contributed by atoms with Crippen LogP contribution in [0.25, 0.3) is 11.0 Å². The first-order valence-electron chi connectivity index (χ1n) is 6.57. The Hall–Kier alpha value is -1.20. The van der Waals surface area contributed by atoms with E-state index in [1.165, 1.54) is 12.1 Å². The van der Waals surface area contributed by atoms with Gasteiger partial charge in [-0.1, -0.05) is 0 Å². The molecule has 2 rings (SSSR count). The molecule has 1 heterocycles. The standard InChI is InChI=1S/C14H19FN2OS/c1-10(2)18-8-4-3-7-17-13-9-11(15)5-6-12(13)16-14(17)19/h5-6,9-10H,3-4,7-8H2,1-2H3,(H,16,19). The summed E-state index contributed by atoms with van der Waals surface area (Å²) in [4.78, 5) is 3.09. The molecule has 0 fully saturated rings. The van der Waals surface area contributed by atoms with Gasteiger partial charge in [0.05, 0.1) is 17.1 Å². The highest BCUT2D eigenvalue weighted by Gasteiger charge is 2.05. The van der Waals surface area contributed by atoms with Crippen LogP contribution in [0.3, 0.4) is 0 Å². The SMILES string of the molecule is CC(C)OCCCCn1c(=S)[nH]c2ccc(F)cc21. The Balaban J connectivity index is 2.02. The maximum absolute atomic E-state index is 13.3. The first-order valence-corrected chi connectivity index (χ1v) is 6.98. The van der Waals surface area contributed by atoms with Crippen LogP contribution in [0.4, 0.5) is 4.39 Å². The Bertz CT molecular complexity index is 603. The number of imidazole rings is 1. The van der Waals surface area contributed by atoms with Gasteiger partial charge in [-0.05, 0) is 57.1 Å². The van der Waals surface area contributed by atoms with Gasteiger partial charge in [0, 0.05) is 13.2 Å². The van der Waals surface area contributed by atoms with Crippen LogP contribution < -0.4 is 0 Å². The van der Waals surface area contributed by atoms with E-state index in [0.29, 0.717) is 4.77 Å². The molecular formula is C14H19FN2OS. The van der Waals surface area contributed by atoms with E-state index in [1.54, 1.807) is 6.07 Å². The zero-order chi connectivity index (χ0) is 13.8. The minimum absolute atomic E-state index is 0.238. The zero-order valence-corrected chi connectivity index (χ0v) is 12.1. The van der Waals surface area contributed by atoms with E-state index in [-0.39, 0.29) is 11.9 Å². The van der Waals surface area contributed by atoms with Crippen molar-refractivity contribution in [1.29, 1.82) is 0 Å². The van der Waals surface area contributed by atoms with E-state index >= 15 is 0 Å². The number of halogens is 1. The van der Waals surface area contributed by atoms with Gasteiger partial charge < -0.3 is 14.3 Å². The van der Waals surface area contributed by atoms with Crippen molar-refractivity contribution in [2.24, 2.45) is 0 Å². The van der Waals surface area contributed by atoms with Gasteiger partial charge in [0.15, 0.2) is 4.77 Å². The Kier molecular flexibility index (Phi) is 4.71. The fraction of sp³-hybridized carbons (Fsp3) is 0.500. The largest absolute Gasteiger partial charge is 0.379 e. The lowest BCUT2D eigenvalue weighted by atomic mass is 10.3. The number of hydrogen-bond donors (Lipinski definition) is 1. The normalized spacial score (nSPS) is 11.6. The van der Waals surface area contributed by atoms with Crippen LogP contribution in [0.2, 0.25) is 0 Å². The van der Waals surface area contributed by atoms with E-state index in [1.807, 2.05) is 18.4 Å². The minimum Gasteiger partial charge on any atom is -0.379 e. The Morgan fingerprint density at radius 1 is 1.37 bits per heavy atom. The average molecular weight is 282 g/mol. The summed E-state index contributed by atoms with van der Waals surface area (Å²) in [6.45, 7) is 5.59. The summed E-state index contributed by atoms with van der Waals surface area (Å²) >= 11 is 5.27. The van der Waals surface area contributed by atoms with Gasteiger partial charge in [0.2, 0.25) is 0 Å². The molecule has 0 atom stereocenters. The van der Waals surface area contributed by atoms with Gasteiger partial charge in [-0.15, -0.1) is 0 Å². The van der Waals surface area contributed by atoms with Gasteiger partial charge >= 0.3 is 0 Å². The van der Waals surface area contributed by atoms with E-state index in [9.17, 15) is 4.39 Å².